The van der Waals surface area contributed by atoms with Crippen molar-refractivity contribution in [3.63, 3.8) is 0 Å². The number of halogens is 2. The fraction of sp³-hybridized carbons (Fsp3) is 0.0667. The van der Waals surface area contributed by atoms with Crippen molar-refractivity contribution in [1.29, 1.82) is 5.26 Å². The van der Waals surface area contributed by atoms with Gasteiger partial charge in [0.25, 0.3) is 5.91 Å². The maximum absolute atomic E-state index is 12.2. The topological polar surface area (TPSA) is 62.1 Å². The van der Waals surface area contributed by atoms with Crippen molar-refractivity contribution in [3.8, 4) is 11.8 Å². The summed E-state index contributed by atoms with van der Waals surface area (Å²) in [7, 11) is 1.47. The molecule has 1 N–H and O–H groups in total. The third kappa shape index (κ3) is 3.54. The van der Waals surface area contributed by atoms with E-state index < -0.39 is 0 Å². The van der Waals surface area contributed by atoms with Gasteiger partial charge in [0.05, 0.1) is 35.0 Å². The van der Waals surface area contributed by atoms with Crippen LogP contribution in [0.5, 0.6) is 5.75 Å². The van der Waals surface area contributed by atoms with Crippen LogP contribution in [0.25, 0.3) is 0 Å². The zero-order valence-electron chi connectivity index (χ0n) is 11.0. The summed E-state index contributed by atoms with van der Waals surface area (Å²) in [5.74, 6) is 0.0612. The first-order chi connectivity index (χ1) is 10.0. The zero-order chi connectivity index (χ0) is 15.4. The minimum atomic E-state index is -0.351. The highest BCUT2D eigenvalue weighted by atomic mass is 79.9. The van der Waals surface area contributed by atoms with Gasteiger partial charge in [-0.05, 0) is 30.3 Å². The van der Waals surface area contributed by atoms with Gasteiger partial charge in [0, 0.05) is 10.5 Å². The van der Waals surface area contributed by atoms with E-state index in [1.807, 2.05) is 6.07 Å². The van der Waals surface area contributed by atoms with Crippen LogP contribution in [0.15, 0.2) is 40.9 Å². The molecule has 21 heavy (non-hydrogen) atoms. The predicted octanol–water partition coefficient (Wildman–Crippen LogP) is 4.24. The van der Waals surface area contributed by atoms with Gasteiger partial charge in [0.2, 0.25) is 0 Å². The Labute approximate surface area is 135 Å². The van der Waals surface area contributed by atoms with Crippen molar-refractivity contribution in [2.24, 2.45) is 0 Å². The number of benzene rings is 2. The molecule has 2 rings (SSSR count). The Hall–Kier alpha value is -2.03. The standard InChI is InChI=1S/C15H10BrClN2O2/c1-21-14-6-9(8-18)2-5-13(14)19-15(20)11-4-3-10(16)7-12(11)17/h2-7H,1H3,(H,19,20). The van der Waals surface area contributed by atoms with E-state index in [0.717, 1.165) is 4.47 Å². The lowest BCUT2D eigenvalue weighted by atomic mass is 10.1. The Morgan fingerprint density at radius 1 is 1.33 bits per heavy atom. The molecule has 2 aromatic carbocycles. The van der Waals surface area contributed by atoms with Crippen LogP contribution in [0, 0.1) is 11.3 Å². The van der Waals surface area contributed by atoms with Crippen molar-refractivity contribution in [3.05, 3.63) is 57.0 Å². The lowest BCUT2D eigenvalue weighted by molar-refractivity contribution is 0.102. The first kappa shape index (κ1) is 15.4. The number of carbonyl (C=O) groups is 1. The number of ether oxygens (including phenoxy) is 1. The molecule has 0 aliphatic rings. The highest BCUT2D eigenvalue weighted by Crippen LogP contribution is 2.27. The van der Waals surface area contributed by atoms with E-state index in [9.17, 15) is 4.79 Å². The first-order valence-corrected chi connectivity index (χ1v) is 7.07. The number of nitrogens with zero attached hydrogens (tertiary/aromatic N) is 1. The number of rotatable bonds is 3. The minimum Gasteiger partial charge on any atom is -0.495 e. The number of nitrogens with one attached hydrogen (secondary N) is 1. The number of anilines is 1. The van der Waals surface area contributed by atoms with E-state index in [1.165, 1.54) is 7.11 Å². The Morgan fingerprint density at radius 2 is 2.10 bits per heavy atom. The molecule has 0 atom stereocenters. The summed E-state index contributed by atoms with van der Waals surface area (Å²) in [5.41, 5.74) is 1.28. The maximum atomic E-state index is 12.2. The molecule has 1 amide bonds. The fourth-order valence-electron chi connectivity index (χ4n) is 1.73. The lowest BCUT2D eigenvalue weighted by Gasteiger charge is -2.11. The van der Waals surface area contributed by atoms with Crippen molar-refractivity contribution < 1.29 is 9.53 Å². The highest BCUT2D eigenvalue weighted by molar-refractivity contribution is 9.10. The lowest BCUT2D eigenvalue weighted by Crippen LogP contribution is -2.13. The van der Waals surface area contributed by atoms with Gasteiger partial charge >= 0.3 is 0 Å². The summed E-state index contributed by atoms with van der Waals surface area (Å²) in [4.78, 5) is 12.2. The number of hydrogen-bond acceptors (Lipinski definition) is 3. The number of amides is 1. The van der Waals surface area contributed by atoms with E-state index in [4.69, 9.17) is 21.6 Å². The summed E-state index contributed by atoms with van der Waals surface area (Å²) in [6.45, 7) is 0. The van der Waals surface area contributed by atoms with Crippen LogP contribution in [0.1, 0.15) is 15.9 Å². The summed E-state index contributed by atoms with van der Waals surface area (Å²) >= 11 is 9.33. The van der Waals surface area contributed by atoms with E-state index in [1.54, 1.807) is 36.4 Å². The van der Waals surface area contributed by atoms with Crippen LogP contribution in [-0.2, 0) is 0 Å². The molecular formula is C15H10BrClN2O2. The van der Waals surface area contributed by atoms with E-state index in [0.29, 0.717) is 27.6 Å². The average Bonchev–Trinajstić information content (AvgIpc) is 2.47. The Balaban J connectivity index is 2.29. The molecule has 2 aromatic rings. The van der Waals surface area contributed by atoms with Gasteiger partial charge < -0.3 is 10.1 Å². The van der Waals surface area contributed by atoms with Crippen molar-refractivity contribution >= 4 is 39.1 Å². The van der Waals surface area contributed by atoms with Gasteiger partial charge in [0.1, 0.15) is 5.75 Å². The molecule has 0 saturated heterocycles. The van der Waals surface area contributed by atoms with Gasteiger partial charge in [-0.25, -0.2) is 0 Å². The van der Waals surface area contributed by atoms with Crippen molar-refractivity contribution in [2.75, 3.05) is 12.4 Å². The maximum Gasteiger partial charge on any atom is 0.257 e. The molecule has 0 fully saturated rings. The second-order valence-electron chi connectivity index (χ2n) is 4.11. The van der Waals surface area contributed by atoms with E-state index in [2.05, 4.69) is 21.2 Å². The molecule has 0 bridgehead atoms. The Kier molecular flexibility index (Phi) is 4.84. The van der Waals surface area contributed by atoms with Gasteiger partial charge in [-0.2, -0.15) is 5.26 Å². The molecule has 6 heteroatoms. The monoisotopic (exact) mass is 364 g/mol. The first-order valence-electron chi connectivity index (χ1n) is 5.89. The second kappa shape index (κ2) is 6.61. The zero-order valence-corrected chi connectivity index (χ0v) is 13.3. The molecule has 0 aliphatic carbocycles. The van der Waals surface area contributed by atoms with Crippen LogP contribution in [0.3, 0.4) is 0 Å². The normalized spacial score (nSPS) is 9.81. The predicted molar refractivity (Wildman–Crippen MR) is 84.8 cm³/mol. The highest BCUT2D eigenvalue weighted by Gasteiger charge is 2.13. The average molecular weight is 366 g/mol. The molecule has 106 valence electrons. The Morgan fingerprint density at radius 3 is 2.71 bits per heavy atom. The molecule has 0 radical (unpaired) electrons. The van der Waals surface area contributed by atoms with Crippen LogP contribution in [-0.4, -0.2) is 13.0 Å². The van der Waals surface area contributed by atoms with Crippen LogP contribution >= 0.6 is 27.5 Å². The summed E-state index contributed by atoms with van der Waals surface area (Å²) < 4.78 is 5.96. The molecule has 0 aliphatic heterocycles. The third-order valence-corrected chi connectivity index (χ3v) is 3.56. The molecule has 0 unspecified atom stereocenters. The van der Waals surface area contributed by atoms with Crippen LogP contribution in [0.2, 0.25) is 5.02 Å². The minimum absolute atomic E-state index is 0.342. The van der Waals surface area contributed by atoms with Crippen molar-refractivity contribution in [1.82, 2.24) is 0 Å². The fourth-order valence-corrected chi connectivity index (χ4v) is 2.49. The molecule has 4 nitrogen and oxygen atoms in total. The van der Waals surface area contributed by atoms with Crippen LogP contribution < -0.4 is 10.1 Å². The quantitative estimate of drug-likeness (QED) is 0.885. The third-order valence-electron chi connectivity index (χ3n) is 2.75. The van der Waals surface area contributed by atoms with Gasteiger partial charge in [-0.3, -0.25) is 4.79 Å². The summed E-state index contributed by atoms with van der Waals surface area (Å²) in [5, 5.41) is 11.9. The van der Waals surface area contributed by atoms with Gasteiger partial charge in [-0.1, -0.05) is 27.5 Å². The number of carbonyl (C=O) groups excluding carboxylic acids is 1. The van der Waals surface area contributed by atoms with Gasteiger partial charge in [0.15, 0.2) is 0 Å². The van der Waals surface area contributed by atoms with Crippen LogP contribution in [0.4, 0.5) is 5.69 Å². The number of hydrogen-bond donors (Lipinski definition) is 1. The molecule has 0 aromatic heterocycles. The smallest absolute Gasteiger partial charge is 0.257 e. The molecule has 0 saturated carbocycles. The van der Waals surface area contributed by atoms with E-state index >= 15 is 0 Å². The SMILES string of the molecule is COc1cc(C#N)ccc1NC(=O)c1ccc(Br)cc1Cl. The van der Waals surface area contributed by atoms with E-state index in [-0.39, 0.29) is 5.91 Å². The summed E-state index contributed by atoms with van der Waals surface area (Å²) in [6, 6.07) is 11.8. The number of nitriles is 1. The number of methoxy groups -OCH3 is 1. The largest absolute Gasteiger partial charge is 0.495 e. The molecular weight excluding hydrogens is 356 g/mol. The van der Waals surface area contributed by atoms with Crippen molar-refractivity contribution in [2.45, 2.75) is 0 Å². The summed E-state index contributed by atoms with van der Waals surface area (Å²) in [6.07, 6.45) is 0. The molecule has 0 spiro atoms. The second-order valence-corrected chi connectivity index (χ2v) is 5.43. The Bertz CT molecular complexity index is 741. The molecule has 0 heterocycles. The van der Waals surface area contributed by atoms with Gasteiger partial charge in [-0.15, -0.1) is 0 Å².